The average Bonchev–Trinajstić information content (AvgIpc) is 1.64. The molecule has 0 saturated carbocycles. The third-order valence-corrected chi connectivity index (χ3v) is 27.8. The normalized spacial score (nSPS) is 25.4. The van der Waals surface area contributed by atoms with Crippen molar-refractivity contribution in [1.29, 1.82) is 0 Å². The molecule has 684 valence electrons. The summed E-state index contributed by atoms with van der Waals surface area (Å²) in [6, 6.07) is 30.6. The molecule has 12 fully saturated rings. The molecule has 6 amide bonds. The fraction of sp³-hybridized carbons (Fsp3) is 0.625. The number of pyridine rings is 2. The standard InChI is InChI=1S/2C17H25N3O.2C16H24N4O.2C15H23N5O/c2*1-17(2,3)20-11-14-9-15(20)10-19(14)13-7-5-12(6-8-13)16(21)18-4;2*1-16(2,3)20-10-12-7-13(20)9-19(12)14-6-5-11(8-18-14)15(21)17-4;2*1-15(2,3)20-9-11-5-12(20)8-19(11)14-17-6-10(7-18-14)13(21)16-4/h2*5-8,14-15H,9-11H2,1-4H3,(H,18,21);2*5-6,8,12-13H,7,9-10H2,1-4H3,(H,17,21);2*6-7,11-12H,5,8-9H2,1-4H3,(H,16,21)/t2*14-,15-;2*12-,13-;2*11-,12-/m101010/s1. The van der Waals surface area contributed by atoms with Gasteiger partial charge in [-0.15, -0.1) is 0 Å². The molecule has 4 aromatic heterocycles. The molecule has 12 atom stereocenters. The molecule has 12 saturated heterocycles. The second-order valence-electron chi connectivity index (χ2n) is 42.0. The molecule has 126 heavy (non-hydrogen) atoms. The number of rotatable bonds is 12. The second-order valence-corrected chi connectivity index (χ2v) is 42.0. The number of likely N-dealkylation sites (tertiary alicyclic amines) is 6. The van der Waals surface area contributed by atoms with Crippen molar-refractivity contribution >= 4 is 70.4 Å². The molecule has 30 heteroatoms. The van der Waals surface area contributed by atoms with Crippen molar-refractivity contribution in [2.45, 2.75) is 269 Å². The Balaban J connectivity index is 0.000000130. The van der Waals surface area contributed by atoms with Gasteiger partial charge < -0.3 is 61.3 Å². The summed E-state index contributed by atoms with van der Waals surface area (Å²) in [7, 11) is 9.81. The van der Waals surface area contributed by atoms with Gasteiger partial charge in [0.15, 0.2) is 0 Å². The Kier molecular flexibility index (Phi) is 28.0. The van der Waals surface area contributed by atoms with Crippen LogP contribution < -0.4 is 61.3 Å². The molecule has 0 radical (unpaired) electrons. The molecule has 6 aromatic rings. The fourth-order valence-electron chi connectivity index (χ4n) is 21.6. The number of amides is 6. The largest absolute Gasteiger partial charge is 0.366 e. The Hall–Kier alpha value is -9.72. The molecule has 16 heterocycles. The van der Waals surface area contributed by atoms with E-state index >= 15 is 0 Å². The van der Waals surface area contributed by atoms with E-state index < -0.39 is 0 Å². The zero-order valence-electron chi connectivity index (χ0n) is 79.5. The third-order valence-electron chi connectivity index (χ3n) is 27.8. The minimum atomic E-state index is -0.150. The van der Waals surface area contributed by atoms with Crippen LogP contribution in [0.25, 0.3) is 0 Å². The van der Waals surface area contributed by atoms with E-state index in [0.717, 1.165) is 113 Å². The Morgan fingerprint density at radius 1 is 0.230 bits per heavy atom. The Labute approximate surface area is 748 Å². The number of nitrogens with one attached hydrogen (secondary N) is 6. The maximum Gasteiger partial charge on any atom is 0.254 e. The van der Waals surface area contributed by atoms with E-state index in [1.54, 1.807) is 79.5 Å². The number of benzene rings is 2. The molecular weight excluding hydrogens is 1590 g/mol. The molecule has 30 nitrogen and oxygen atoms in total. The highest BCUT2D eigenvalue weighted by Crippen LogP contribution is 2.44. The van der Waals surface area contributed by atoms with E-state index in [9.17, 15) is 28.8 Å². The first-order valence-electron chi connectivity index (χ1n) is 45.7. The van der Waals surface area contributed by atoms with E-state index in [2.05, 4.69) is 269 Å². The maximum atomic E-state index is 11.6. The van der Waals surface area contributed by atoms with Crippen LogP contribution in [0.4, 0.5) is 34.9 Å². The summed E-state index contributed by atoms with van der Waals surface area (Å²) in [5.41, 5.74) is 7.59. The van der Waals surface area contributed by atoms with Crippen molar-refractivity contribution in [1.82, 2.24) is 91.2 Å². The van der Waals surface area contributed by atoms with Crippen LogP contribution in [0, 0.1) is 0 Å². The number of nitrogens with zero attached hydrogens (tertiary/aromatic N) is 18. The molecule has 12 aliphatic heterocycles. The summed E-state index contributed by atoms with van der Waals surface area (Å²) in [6.45, 7) is 54.0. The van der Waals surface area contributed by atoms with Crippen LogP contribution in [0.5, 0.6) is 0 Å². The fourth-order valence-corrected chi connectivity index (χ4v) is 21.6. The zero-order valence-corrected chi connectivity index (χ0v) is 79.5. The molecule has 12 bridgehead atoms. The van der Waals surface area contributed by atoms with Crippen LogP contribution in [-0.4, -0.2) is 321 Å². The Morgan fingerprint density at radius 2 is 0.421 bits per heavy atom. The van der Waals surface area contributed by atoms with Gasteiger partial charge in [0.25, 0.3) is 35.4 Å². The van der Waals surface area contributed by atoms with Gasteiger partial charge in [-0.3, -0.25) is 58.2 Å². The summed E-state index contributed by atoms with van der Waals surface area (Å²) in [4.78, 5) is 126. The Bertz CT molecular complexity index is 3980. The molecule has 2 aromatic carbocycles. The van der Waals surface area contributed by atoms with Gasteiger partial charge in [-0.2, -0.15) is 0 Å². The number of anilines is 6. The van der Waals surface area contributed by atoms with Gasteiger partial charge in [0.2, 0.25) is 11.9 Å². The summed E-state index contributed by atoms with van der Waals surface area (Å²) >= 11 is 0. The highest BCUT2D eigenvalue weighted by Gasteiger charge is 2.53. The van der Waals surface area contributed by atoms with Crippen LogP contribution in [0.15, 0.2) is 110 Å². The average molecular weight is 1730 g/mol. The second kappa shape index (κ2) is 37.5. The third kappa shape index (κ3) is 20.7. The van der Waals surface area contributed by atoms with Gasteiger partial charge in [0.1, 0.15) is 11.6 Å². The van der Waals surface area contributed by atoms with Crippen molar-refractivity contribution in [3.8, 4) is 0 Å². The number of hydrogen-bond acceptors (Lipinski definition) is 24. The van der Waals surface area contributed by atoms with Crippen LogP contribution >= 0.6 is 0 Å². The molecule has 18 rings (SSSR count). The van der Waals surface area contributed by atoms with Crippen LogP contribution in [0.1, 0.15) is 225 Å². The molecular formula is C96H144N24O6. The lowest BCUT2D eigenvalue weighted by atomic mass is 10.0. The smallest absolute Gasteiger partial charge is 0.254 e. The van der Waals surface area contributed by atoms with Crippen molar-refractivity contribution < 1.29 is 28.8 Å². The predicted molar refractivity (Wildman–Crippen MR) is 502 cm³/mol. The number of hydrogen-bond donors (Lipinski definition) is 6. The van der Waals surface area contributed by atoms with E-state index in [-0.39, 0.29) is 68.7 Å². The van der Waals surface area contributed by atoms with Crippen LogP contribution in [-0.2, 0) is 0 Å². The minimum absolute atomic E-state index is 0.0246. The van der Waals surface area contributed by atoms with Crippen molar-refractivity contribution in [2.75, 3.05) is 150 Å². The lowest BCUT2D eigenvalue weighted by Crippen LogP contribution is -2.53. The number of aromatic nitrogens is 6. The number of carbonyl (C=O) groups is 6. The maximum absolute atomic E-state index is 11.6. The summed E-state index contributed by atoms with van der Waals surface area (Å²) in [5.74, 6) is 2.94. The molecule has 6 N–H and O–H groups in total. The van der Waals surface area contributed by atoms with E-state index in [1.165, 1.54) is 49.9 Å². The SMILES string of the molecule is CNC(=O)c1ccc(N2C[C@@H]3C[C@H]2CN3C(C)(C)C)cc1.CNC(=O)c1ccc(N2C[C@@H]3C[C@H]2CN3C(C)(C)C)nc1.CNC(=O)c1ccc(N2C[C@H]3C[C@@H]2CN3C(C)(C)C)cc1.CNC(=O)c1ccc(N2C[C@H]3C[C@@H]2CN3C(C)(C)C)nc1.CNC(=O)c1cnc(N2C[C@@H]3C[C@H]2CN3C(C)(C)C)nc1.CNC(=O)c1cnc(N2C[C@H]3C[C@@H]2CN3C(C)(C)C)nc1. The Morgan fingerprint density at radius 3 is 0.611 bits per heavy atom. The van der Waals surface area contributed by atoms with Gasteiger partial charge in [-0.1, -0.05) is 0 Å². The molecule has 0 unspecified atom stereocenters. The molecule has 0 aliphatic carbocycles. The van der Waals surface area contributed by atoms with Gasteiger partial charge in [0.05, 0.1) is 22.3 Å². The summed E-state index contributed by atoms with van der Waals surface area (Å²) < 4.78 is 0. The lowest BCUT2D eigenvalue weighted by Gasteiger charge is -2.42. The van der Waals surface area contributed by atoms with Crippen molar-refractivity contribution in [3.05, 3.63) is 143 Å². The first kappa shape index (κ1) is 93.9. The van der Waals surface area contributed by atoms with Crippen molar-refractivity contribution in [2.24, 2.45) is 0 Å². The summed E-state index contributed by atoms with van der Waals surface area (Å²) in [6.07, 6.45) is 17.1. The van der Waals surface area contributed by atoms with Crippen LogP contribution in [0.3, 0.4) is 0 Å². The predicted octanol–water partition coefficient (Wildman–Crippen LogP) is 9.02. The van der Waals surface area contributed by atoms with Gasteiger partial charge in [0, 0.05) is 286 Å². The molecule has 0 spiro atoms. The first-order valence-corrected chi connectivity index (χ1v) is 45.7. The highest BCUT2D eigenvalue weighted by molar-refractivity contribution is 5.96. The highest BCUT2D eigenvalue weighted by atomic mass is 16.2. The monoisotopic (exact) mass is 1730 g/mol. The van der Waals surface area contributed by atoms with E-state index in [0.29, 0.717) is 94.8 Å². The van der Waals surface area contributed by atoms with Crippen molar-refractivity contribution in [3.63, 3.8) is 0 Å². The zero-order chi connectivity index (χ0) is 91.2. The lowest BCUT2D eigenvalue weighted by molar-refractivity contribution is 0.0954. The quantitative estimate of drug-likeness (QED) is 0.0666. The van der Waals surface area contributed by atoms with E-state index in [4.69, 9.17) is 0 Å². The minimum Gasteiger partial charge on any atom is -0.366 e. The number of piperazine rings is 6. The van der Waals surface area contributed by atoms with Gasteiger partial charge in [-0.05, 0) is 236 Å². The topological polar surface area (TPSA) is 291 Å². The van der Waals surface area contributed by atoms with Crippen LogP contribution in [0.2, 0.25) is 0 Å². The molecule has 12 aliphatic rings. The first-order chi connectivity index (χ1) is 59.4. The summed E-state index contributed by atoms with van der Waals surface area (Å²) in [5, 5.41) is 15.7. The van der Waals surface area contributed by atoms with Gasteiger partial charge >= 0.3 is 0 Å². The number of carbonyl (C=O) groups excluding carboxylic acids is 6. The van der Waals surface area contributed by atoms with E-state index in [1.807, 2.05) is 48.5 Å². The number of fused-ring (bicyclic) bond motifs is 12. The van der Waals surface area contributed by atoms with Gasteiger partial charge in [-0.25, -0.2) is 29.9 Å².